The number of anilines is 1. The Bertz CT molecular complexity index is 416. The van der Waals surface area contributed by atoms with E-state index in [9.17, 15) is 13.6 Å². The van der Waals surface area contributed by atoms with Crippen LogP contribution in [0, 0.1) is 17.6 Å². The van der Waals surface area contributed by atoms with Gasteiger partial charge in [-0.1, -0.05) is 0 Å². The van der Waals surface area contributed by atoms with E-state index in [-0.39, 0.29) is 24.0 Å². The fraction of sp³-hybridized carbons (Fsp3) is 0.462. The molecule has 0 radical (unpaired) electrons. The minimum absolute atomic E-state index is 0. The molecule has 0 aliphatic carbocycles. The smallest absolute Gasteiger partial charge is 0.224 e. The van der Waals surface area contributed by atoms with Crippen molar-refractivity contribution in [3.05, 3.63) is 29.8 Å². The molecule has 0 saturated carbocycles. The molecule has 1 amide bonds. The minimum Gasteiger partial charge on any atom is -0.326 e. The van der Waals surface area contributed by atoms with E-state index >= 15 is 0 Å². The van der Waals surface area contributed by atoms with E-state index in [0.717, 1.165) is 44.1 Å². The summed E-state index contributed by atoms with van der Waals surface area (Å²) in [6.45, 7) is 1.95. The van der Waals surface area contributed by atoms with Gasteiger partial charge in [0.25, 0.3) is 0 Å². The van der Waals surface area contributed by atoms with E-state index in [2.05, 4.69) is 10.6 Å². The van der Waals surface area contributed by atoms with Crippen molar-refractivity contribution < 1.29 is 13.6 Å². The molecule has 1 aromatic rings. The summed E-state index contributed by atoms with van der Waals surface area (Å²) in [6.07, 6.45) is 2.27. The summed E-state index contributed by atoms with van der Waals surface area (Å²) in [7, 11) is 0. The van der Waals surface area contributed by atoms with Crippen LogP contribution in [-0.2, 0) is 4.79 Å². The Morgan fingerprint density at radius 3 is 2.58 bits per heavy atom. The van der Waals surface area contributed by atoms with E-state index in [1.54, 1.807) is 0 Å². The summed E-state index contributed by atoms with van der Waals surface area (Å²) in [6, 6.07) is 3.00. The molecule has 1 heterocycles. The van der Waals surface area contributed by atoms with E-state index in [1.165, 1.54) is 0 Å². The van der Waals surface area contributed by atoms with Crippen molar-refractivity contribution in [3.8, 4) is 0 Å². The molecule has 1 aliphatic rings. The molecule has 1 aliphatic heterocycles. The summed E-state index contributed by atoms with van der Waals surface area (Å²) in [5.74, 6) is -1.05. The topological polar surface area (TPSA) is 41.1 Å². The molecule has 1 fully saturated rings. The second kappa shape index (κ2) is 7.40. The van der Waals surface area contributed by atoms with Gasteiger partial charge >= 0.3 is 0 Å². The highest BCUT2D eigenvalue weighted by molar-refractivity contribution is 5.90. The van der Waals surface area contributed by atoms with Crippen molar-refractivity contribution in [2.24, 2.45) is 5.92 Å². The third-order valence-electron chi connectivity index (χ3n) is 3.09. The maximum absolute atomic E-state index is 12.9. The van der Waals surface area contributed by atoms with Crippen molar-refractivity contribution in [2.45, 2.75) is 19.3 Å². The summed E-state index contributed by atoms with van der Waals surface area (Å²) in [4.78, 5) is 11.6. The van der Waals surface area contributed by atoms with Crippen LogP contribution < -0.4 is 10.6 Å². The number of halogens is 3. The average molecular weight is 291 g/mol. The number of hydrogen-bond donors (Lipinski definition) is 2. The molecule has 0 spiro atoms. The van der Waals surface area contributed by atoms with Crippen LogP contribution in [0.4, 0.5) is 14.5 Å². The lowest BCUT2D eigenvalue weighted by Crippen LogP contribution is -2.15. The van der Waals surface area contributed by atoms with Gasteiger partial charge in [0.05, 0.1) is 0 Å². The lowest BCUT2D eigenvalue weighted by molar-refractivity contribution is -0.116. The van der Waals surface area contributed by atoms with Crippen LogP contribution in [0.25, 0.3) is 0 Å². The molecule has 6 heteroatoms. The van der Waals surface area contributed by atoms with Crippen LogP contribution in [0.1, 0.15) is 19.3 Å². The molecule has 0 bridgehead atoms. The Hall–Kier alpha value is -1.20. The van der Waals surface area contributed by atoms with Crippen LogP contribution in [0.5, 0.6) is 0 Å². The monoisotopic (exact) mass is 290 g/mol. The first-order valence-electron chi connectivity index (χ1n) is 6.10. The standard InChI is InChI=1S/C13H16F2N2O.ClH/c14-10-5-11(15)7-12(6-10)17-13(18)2-1-9-3-4-16-8-9;/h5-7,9,16H,1-4,8H2,(H,17,18);1H. The second-order valence-corrected chi connectivity index (χ2v) is 4.60. The first-order chi connectivity index (χ1) is 8.63. The molecule has 1 aromatic carbocycles. The second-order valence-electron chi connectivity index (χ2n) is 4.60. The summed E-state index contributed by atoms with van der Waals surface area (Å²) < 4.78 is 25.8. The average Bonchev–Trinajstić information content (AvgIpc) is 2.77. The predicted octanol–water partition coefficient (Wildman–Crippen LogP) is 2.71. The summed E-state index contributed by atoms with van der Waals surface area (Å²) in [5, 5.41) is 5.74. The lowest BCUT2D eigenvalue weighted by Gasteiger charge is -2.08. The first-order valence-corrected chi connectivity index (χ1v) is 6.10. The number of nitrogens with one attached hydrogen (secondary N) is 2. The molecule has 19 heavy (non-hydrogen) atoms. The lowest BCUT2D eigenvalue weighted by atomic mass is 10.0. The quantitative estimate of drug-likeness (QED) is 0.895. The summed E-state index contributed by atoms with van der Waals surface area (Å²) >= 11 is 0. The number of carbonyl (C=O) groups is 1. The number of hydrogen-bond acceptors (Lipinski definition) is 2. The van der Waals surface area contributed by atoms with Crippen LogP contribution >= 0.6 is 12.4 Å². The molecule has 106 valence electrons. The fourth-order valence-electron chi connectivity index (χ4n) is 2.15. The van der Waals surface area contributed by atoms with Gasteiger partial charge in [-0.25, -0.2) is 8.78 Å². The van der Waals surface area contributed by atoms with Gasteiger partial charge in [0.1, 0.15) is 11.6 Å². The van der Waals surface area contributed by atoms with Gasteiger partial charge in [0.15, 0.2) is 0 Å². The Labute approximate surface area is 117 Å². The zero-order chi connectivity index (χ0) is 13.0. The molecule has 2 N–H and O–H groups in total. The van der Waals surface area contributed by atoms with Crippen molar-refractivity contribution in [1.29, 1.82) is 0 Å². The maximum atomic E-state index is 12.9. The molecular weight excluding hydrogens is 274 g/mol. The van der Waals surface area contributed by atoms with Crippen molar-refractivity contribution >= 4 is 24.0 Å². The SMILES string of the molecule is Cl.O=C(CCC1CCNC1)Nc1cc(F)cc(F)c1. The number of amides is 1. The van der Waals surface area contributed by atoms with Crippen molar-refractivity contribution in [2.75, 3.05) is 18.4 Å². The predicted molar refractivity (Wildman–Crippen MR) is 72.4 cm³/mol. The largest absolute Gasteiger partial charge is 0.326 e. The van der Waals surface area contributed by atoms with Crippen molar-refractivity contribution in [3.63, 3.8) is 0 Å². The van der Waals surface area contributed by atoms with Gasteiger partial charge < -0.3 is 10.6 Å². The highest BCUT2D eigenvalue weighted by Gasteiger charge is 2.15. The van der Waals surface area contributed by atoms with Gasteiger partial charge in [0, 0.05) is 18.2 Å². The van der Waals surface area contributed by atoms with E-state index < -0.39 is 11.6 Å². The van der Waals surface area contributed by atoms with Gasteiger partial charge in [-0.15, -0.1) is 12.4 Å². The maximum Gasteiger partial charge on any atom is 0.224 e. The Kier molecular flexibility index (Phi) is 6.18. The van der Waals surface area contributed by atoms with Gasteiger partial charge in [-0.05, 0) is 44.0 Å². The molecular formula is C13H17ClF2N2O. The highest BCUT2D eigenvalue weighted by atomic mass is 35.5. The van der Waals surface area contributed by atoms with Crippen LogP contribution in [0.15, 0.2) is 18.2 Å². The number of carbonyl (C=O) groups excluding carboxylic acids is 1. The van der Waals surface area contributed by atoms with Gasteiger partial charge in [0.2, 0.25) is 5.91 Å². The fourth-order valence-corrected chi connectivity index (χ4v) is 2.15. The van der Waals surface area contributed by atoms with Crippen molar-refractivity contribution in [1.82, 2.24) is 5.32 Å². The molecule has 0 aromatic heterocycles. The molecule has 1 unspecified atom stereocenters. The molecule has 2 rings (SSSR count). The molecule has 3 nitrogen and oxygen atoms in total. The Balaban J connectivity index is 0.00000180. The first kappa shape index (κ1) is 15.9. The Morgan fingerprint density at radius 2 is 2.00 bits per heavy atom. The summed E-state index contributed by atoms with van der Waals surface area (Å²) in [5.41, 5.74) is 0.169. The van der Waals surface area contributed by atoms with Crippen LogP contribution in [0.2, 0.25) is 0 Å². The molecule has 1 atom stereocenters. The van der Waals surface area contributed by atoms with E-state index in [1.807, 2.05) is 0 Å². The van der Waals surface area contributed by atoms with E-state index in [4.69, 9.17) is 0 Å². The van der Waals surface area contributed by atoms with Crippen LogP contribution in [0.3, 0.4) is 0 Å². The third kappa shape index (κ3) is 5.12. The minimum atomic E-state index is -0.690. The normalized spacial score (nSPS) is 17.9. The van der Waals surface area contributed by atoms with Gasteiger partial charge in [-0.2, -0.15) is 0 Å². The molecule has 1 saturated heterocycles. The zero-order valence-corrected chi connectivity index (χ0v) is 11.2. The van der Waals surface area contributed by atoms with E-state index in [0.29, 0.717) is 12.3 Å². The highest BCUT2D eigenvalue weighted by Crippen LogP contribution is 2.16. The number of benzene rings is 1. The number of rotatable bonds is 4. The zero-order valence-electron chi connectivity index (χ0n) is 10.4. The third-order valence-corrected chi connectivity index (χ3v) is 3.09. The Morgan fingerprint density at radius 1 is 1.32 bits per heavy atom. The van der Waals surface area contributed by atoms with Crippen LogP contribution in [-0.4, -0.2) is 19.0 Å². The van der Waals surface area contributed by atoms with Gasteiger partial charge in [-0.3, -0.25) is 4.79 Å².